The lowest BCUT2D eigenvalue weighted by Gasteiger charge is -2.39. The molecule has 1 saturated heterocycles. The average molecular weight is 288 g/mol. The number of benzene rings is 1. The zero-order chi connectivity index (χ0) is 14.0. The van der Waals surface area contributed by atoms with Crippen molar-refractivity contribution in [3.63, 3.8) is 0 Å². The summed E-state index contributed by atoms with van der Waals surface area (Å²) in [6.45, 7) is 4.21. The van der Waals surface area contributed by atoms with E-state index in [1.54, 1.807) is 0 Å². The largest absolute Gasteiger partial charge is 0.360 e. The van der Waals surface area contributed by atoms with Crippen LogP contribution in [0.1, 0.15) is 13.3 Å². The summed E-state index contributed by atoms with van der Waals surface area (Å²) >= 11 is 5.76. The fraction of sp³-hybridized carbons (Fsp3) is 0.500. The summed E-state index contributed by atoms with van der Waals surface area (Å²) in [5.41, 5.74) is 0.159. The molecule has 19 heavy (non-hydrogen) atoms. The molecule has 1 N–H and O–H groups in total. The molecule has 1 aliphatic heterocycles. The number of nitro benzene ring substituents is 1. The minimum Gasteiger partial charge on any atom is -0.360 e. The lowest BCUT2D eigenvalue weighted by atomic mass is 10.1. The molecule has 1 fully saturated rings. The molecule has 2 rings (SSSR count). The van der Waals surface area contributed by atoms with E-state index in [1.165, 1.54) is 6.07 Å². The van der Waals surface area contributed by atoms with Gasteiger partial charge in [-0.2, -0.15) is 0 Å². The van der Waals surface area contributed by atoms with Gasteiger partial charge in [0.05, 0.1) is 22.1 Å². The Morgan fingerprint density at radius 1 is 1.58 bits per heavy atom. The van der Waals surface area contributed by atoms with E-state index < -0.39 is 10.7 Å². The van der Waals surface area contributed by atoms with Gasteiger partial charge in [-0.15, -0.1) is 0 Å². The molecule has 0 spiro atoms. The third kappa shape index (κ3) is 2.79. The molecule has 1 aromatic rings. The molecule has 0 atom stereocenters. The second kappa shape index (κ2) is 5.71. The summed E-state index contributed by atoms with van der Waals surface area (Å²) in [6, 6.07) is 2.44. The van der Waals surface area contributed by atoms with Crippen molar-refractivity contribution in [1.29, 1.82) is 0 Å². The molecule has 0 aliphatic carbocycles. The number of hydrogen-bond donors (Lipinski definition) is 1. The van der Waals surface area contributed by atoms with Crippen LogP contribution >= 0.6 is 11.6 Å². The fourth-order valence-electron chi connectivity index (χ4n) is 2.14. The van der Waals surface area contributed by atoms with Crippen LogP contribution in [0.2, 0.25) is 5.02 Å². The van der Waals surface area contributed by atoms with Crippen LogP contribution in [0.5, 0.6) is 0 Å². The zero-order valence-electron chi connectivity index (χ0n) is 10.5. The highest BCUT2D eigenvalue weighted by Crippen LogP contribution is 2.34. The highest BCUT2D eigenvalue weighted by atomic mass is 35.5. The summed E-state index contributed by atoms with van der Waals surface area (Å²) in [4.78, 5) is 12.4. The molecule has 0 unspecified atom stereocenters. The Morgan fingerprint density at radius 3 is 2.74 bits per heavy atom. The lowest BCUT2D eigenvalue weighted by Crippen LogP contribution is -2.57. The SMILES string of the molecule is CCCN(c1cc(Cl)c(F)cc1[N+](=O)[O-])C1CNC1. The van der Waals surface area contributed by atoms with Gasteiger partial charge in [0.25, 0.3) is 5.69 Å². The molecular weight excluding hydrogens is 273 g/mol. The Kier molecular flexibility index (Phi) is 4.21. The van der Waals surface area contributed by atoms with Crippen molar-refractivity contribution < 1.29 is 9.31 Å². The Hall–Kier alpha value is -1.40. The Balaban J connectivity index is 2.44. The first-order chi connectivity index (χ1) is 9.04. The highest BCUT2D eigenvalue weighted by molar-refractivity contribution is 6.31. The molecule has 0 aromatic heterocycles. The molecule has 5 nitrogen and oxygen atoms in total. The summed E-state index contributed by atoms with van der Waals surface area (Å²) in [6.07, 6.45) is 0.850. The van der Waals surface area contributed by atoms with Crippen LogP contribution in [0.15, 0.2) is 12.1 Å². The maximum atomic E-state index is 13.4. The minimum absolute atomic E-state index is 0.0889. The summed E-state index contributed by atoms with van der Waals surface area (Å²) in [5.74, 6) is -0.764. The van der Waals surface area contributed by atoms with Gasteiger partial charge in [-0.05, 0) is 12.5 Å². The summed E-state index contributed by atoms with van der Waals surface area (Å²) in [7, 11) is 0. The number of hydrogen-bond acceptors (Lipinski definition) is 4. The monoisotopic (exact) mass is 287 g/mol. The van der Waals surface area contributed by atoms with Gasteiger partial charge >= 0.3 is 0 Å². The highest BCUT2D eigenvalue weighted by Gasteiger charge is 2.30. The summed E-state index contributed by atoms with van der Waals surface area (Å²) in [5, 5.41) is 14.1. The van der Waals surface area contributed by atoms with Gasteiger partial charge in [0.2, 0.25) is 0 Å². The Labute approximate surface area is 115 Å². The van der Waals surface area contributed by atoms with Crippen LogP contribution in [0, 0.1) is 15.9 Å². The number of halogens is 2. The third-order valence-corrected chi connectivity index (χ3v) is 3.48. The van der Waals surface area contributed by atoms with Crippen molar-refractivity contribution in [1.82, 2.24) is 5.32 Å². The van der Waals surface area contributed by atoms with Gasteiger partial charge in [-0.25, -0.2) is 4.39 Å². The van der Waals surface area contributed by atoms with Crippen LogP contribution < -0.4 is 10.2 Å². The maximum absolute atomic E-state index is 13.4. The van der Waals surface area contributed by atoms with E-state index in [-0.39, 0.29) is 16.8 Å². The van der Waals surface area contributed by atoms with Crippen molar-refractivity contribution in [2.75, 3.05) is 24.5 Å². The van der Waals surface area contributed by atoms with Crippen molar-refractivity contribution in [3.8, 4) is 0 Å². The standard InChI is InChI=1S/C12H15ClFN3O2/c1-2-3-16(8-6-15-7-8)11-4-9(13)10(14)5-12(11)17(18)19/h4-5,8,15H,2-3,6-7H2,1H3. The topological polar surface area (TPSA) is 58.4 Å². The smallest absolute Gasteiger partial charge is 0.295 e. The number of rotatable bonds is 5. The van der Waals surface area contributed by atoms with Crippen LogP contribution in [-0.2, 0) is 0 Å². The normalized spacial score (nSPS) is 15.1. The van der Waals surface area contributed by atoms with E-state index in [2.05, 4.69) is 5.32 Å². The van der Waals surface area contributed by atoms with Gasteiger partial charge in [0, 0.05) is 19.6 Å². The van der Waals surface area contributed by atoms with Gasteiger partial charge in [-0.1, -0.05) is 18.5 Å². The van der Waals surface area contributed by atoms with Crippen LogP contribution in [-0.4, -0.2) is 30.6 Å². The molecule has 1 aliphatic rings. The molecule has 1 heterocycles. The zero-order valence-corrected chi connectivity index (χ0v) is 11.3. The first-order valence-corrected chi connectivity index (χ1v) is 6.53. The third-order valence-electron chi connectivity index (χ3n) is 3.19. The van der Waals surface area contributed by atoms with Crippen LogP contribution in [0.25, 0.3) is 0 Å². The van der Waals surface area contributed by atoms with Crippen LogP contribution in [0.3, 0.4) is 0 Å². The van der Waals surface area contributed by atoms with Crippen molar-refractivity contribution in [3.05, 3.63) is 33.1 Å². The second-order valence-electron chi connectivity index (χ2n) is 4.52. The Morgan fingerprint density at radius 2 is 2.26 bits per heavy atom. The molecule has 7 heteroatoms. The van der Waals surface area contributed by atoms with Crippen LogP contribution in [0.4, 0.5) is 15.8 Å². The van der Waals surface area contributed by atoms with Crippen molar-refractivity contribution >= 4 is 23.0 Å². The van der Waals surface area contributed by atoms with E-state index in [0.717, 1.165) is 25.6 Å². The number of anilines is 1. The molecule has 104 valence electrons. The first kappa shape index (κ1) is 14.0. The predicted octanol–water partition coefficient (Wildman–Crippen LogP) is 2.58. The maximum Gasteiger partial charge on any atom is 0.295 e. The van der Waals surface area contributed by atoms with Crippen molar-refractivity contribution in [2.24, 2.45) is 0 Å². The fourth-order valence-corrected chi connectivity index (χ4v) is 2.29. The average Bonchev–Trinajstić information content (AvgIpc) is 2.29. The van der Waals surface area contributed by atoms with E-state index in [9.17, 15) is 14.5 Å². The minimum atomic E-state index is -0.764. The number of nitrogens with zero attached hydrogens (tertiary/aromatic N) is 2. The number of nitrogens with one attached hydrogen (secondary N) is 1. The molecule has 0 radical (unpaired) electrons. The van der Waals surface area contributed by atoms with Gasteiger partial charge in [0.15, 0.2) is 0 Å². The predicted molar refractivity (Wildman–Crippen MR) is 72.4 cm³/mol. The molecule has 1 aromatic carbocycles. The number of nitro groups is 1. The molecule has 0 amide bonds. The van der Waals surface area contributed by atoms with E-state index in [4.69, 9.17) is 11.6 Å². The first-order valence-electron chi connectivity index (χ1n) is 6.15. The molecule has 0 bridgehead atoms. The van der Waals surface area contributed by atoms with Gasteiger partial charge in [-0.3, -0.25) is 10.1 Å². The van der Waals surface area contributed by atoms with E-state index in [1.807, 2.05) is 11.8 Å². The van der Waals surface area contributed by atoms with E-state index >= 15 is 0 Å². The van der Waals surface area contributed by atoms with Gasteiger partial charge < -0.3 is 10.2 Å². The Bertz CT molecular complexity index is 494. The van der Waals surface area contributed by atoms with Gasteiger partial charge in [0.1, 0.15) is 11.5 Å². The molecule has 0 saturated carbocycles. The lowest BCUT2D eigenvalue weighted by molar-refractivity contribution is -0.384. The van der Waals surface area contributed by atoms with Crippen molar-refractivity contribution in [2.45, 2.75) is 19.4 Å². The van der Waals surface area contributed by atoms with E-state index in [0.29, 0.717) is 12.2 Å². The molecular formula is C12H15ClFN3O2. The quantitative estimate of drug-likeness (QED) is 0.668. The summed E-state index contributed by atoms with van der Waals surface area (Å²) < 4.78 is 13.4. The second-order valence-corrected chi connectivity index (χ2v) is 4.92.